The lowest BCUT2D eigenvalue weighted by molar-refractivity contribution is 0.112. The van der Waals surface area contributed by atoms with Crippen LogP contribution in [0.2, 0.25) is 5.02 Å². The SMILES string of the molecule is COCCOc1cc2ncnc(Nc3cc(Cl)cc(C=O)c3)c2cc1OCCOC. The van der Waals surface area contributed by atoms with Crippen LogP contribution in [-0.2, 0) is 9.47 Å². The van der Waals surface area contributed by atoms with Gasteiger partial charge < -0.3 is 24.3 Å². The number of nitrogens with zero attached hydrogens (tertiary/aromatic N) is 2. The summed E-state index contributed by atoms with van der Waals surface area (Å²) in [5.41, 5.74) is 1.75. The van der Waals surface area contributed by atoms with E-state index in [0.29, 0.717) is 65.5 Å². The van der Waals surface area contributed by atoms with Crippen molar-refractivity contribution in [1.82, 2.24) is 9.97 Å². The number of anilines is 2. The highest BCUT2D eigenvalue weighted by Crippen LogP contribution is 2.35. The monoisotopic (exact) mass is 431 g/mol. The van der Waals surface area contributed by atoms with Gasteiger partial charge in [-0.15, -0.1) is 0 Å². The number of hydrogen-bond donors (Lipinski definition) is 1. The number of rotatable bonds is 11. The quantitative estimate of drug-likeness (QED) is 0.361. The summed E-state index contributed by atoms with van der Waals surface area (Å²) in [6.45, 7) is 1.61. The molecule has 0 aliphatic rings. The van der Waals surface area contributed by atoms with Crippen molar-refractivity contribution in [1.29, 1.82) is 0 Å². The molecule has 158 valence electrons. The maximum Gasteiger partial charge on any atom is 0.163 e. The predicted octanol–water partition coefficient (Wildman–Crippen LogP) is 3.89. The Balaban J connectivity index is 1.98. The summed E-state index contributed by atoms with van der Waals surface area (Å²) >= 11 is 6.10. The molecule has 3 aromatic rings. The lowest BCUT2D eigenvalue weighted by Crippen LogP contribution is -2.09. The van der Waals surface area contributed by atoms with E-state index in [1.807, 2.05) is 0 Å². The Labute approximate surface area is 179 Å². The number of ether oxygens (including phenoxy) is 4. The first-order valence-corrected chi connectivity index (χ1v) is 9.57. The number of carbonyl (C=O) groups is 1. The van der Waals surface area contributed by atoms with E-state index in [1.165, 1.54) is 6.33 Å². The number of nitrogens with one attached hydrogen (secondary N) is 1. The average molecular weight is 432 g/mol. The van der Waals surface area contributed by atoms with E-state index in [-0.39, 0.29) is 0 Å². The predicted molar refractivity (Wildman–Crippen MR) is 114 cm³/mol. The molecule has 0 fully saturated rings. The first-order chi connectivity index (χ1) is 14.6. The Morgan fingerprint density at radius 3 is 2.30 bits per heavy atom. The van der Waals surface area contributed by atoms with E-state index < -0.39 is 0 Å². The van der Waals surface area contributed by atoms with Crippen molar-refractivity contribution in [2.24, 2.45) is 0 Å². The molecular weight excluding hydrogens is 410 g/mol. The van der Waals surface area contributed by atoms with Gasteiger partial charge in [-0.1, -0.05) is 11.6 Å². The van der Waals surface area contributed by atoms with Crippen LogP contribution in [0.15, 0.2) is 36.7 Å². The maximum atomic E-state index is 11.1. The number of benzene rings is 2. The number of hydrogen-bond acceptors (Lipinski definition) is 8. The maximum absolute atomic E-state index is 11.1. The Bertz CT molecular complexity index is 1020. The van der Waals surface area contributed by atoms with E-state index >= 15 is 0 Å². The first-order valence-electron chi connectivity index (χ1n) is 9.19. The smallest absolute Gasteiger partial charge is 0.163 e. The van der Waals surface area contributed by atoms with Gasteiger partial charge in [-0.2, -0.15) is 0 Å². The number of aromatic nitrogens is 2. The van der Waals surface area contributed by atoms with Crippen molar-refractivity contribution >= 4 is 40.3 Å². The Morgan fingerprint density at radius 1 is 0.933 bits per heavy atom. The van der Waals surface area contributed by atoms with Gasteiger partial charge in [-0.05, 0) is 24.3 Å². The van der Waals surface area contributed by atoms with Crippen LogP contribution in [0.25, 0.3) is 10.9 Å². The number of carbonyl (C=O) groups excluding carboxylic acids is 1. The van der Waals surface area contributed by atoms with Crippen molar-refractivity contribution in [2.75, 3.05) is 46.0 Å². The highest BCUT2D eigenvalue weighted by molar-refractivity contribution is 6.31. The van der Waals surface area contributed by atoms with Gasteiger partial charge >= 0.3 is 0 Å². The molecule has 0 saturated carbocycles. The summed E-state index contributed by atoms with van der Waals surface area (Å²) in [5, 5.41) is 4.35. The molecule has 8 nitrogen and oxygen atoms in total. The van der Waals surface area contributed by atoms with Crippen LogP contribution in [0.4, 0.5) is 11.5 Å². The third-order valence-electron chi connectivity index (χ3n) is 4.11. The molecule has 1 N–H and O–H groups in total. The van der Waals surface area contributed by atoms with E-state index in [0.717, 1.165) is 11.7 Å². The first kappa shape index (κ1) is 21.8. The third-order valence-corrected chi connectivity index (χ3v) is 4.33. The van der Waals surface area contributed by atoms with E-state index in [4.69, 9.17) is 30.5 Å². The normalized spacial score (nSPS) is 10.8. The zero-order chi connectivity index (χ0) is 21.3. The van der Waals surface area contributed by atoms with Gasteiger partial charge in [0.15, 0.2) is 11.5 Å². The molecule has 3 rings (SSSR count). The fourth-order valence-electron chi connectivity index (χ4n) is 2.75. The van der Waals surface area contributed by atoms with Crippen molar-refractivity contribution < 1.29 is 23.7 Å². The second kappa shape index (κ2) is 10.7. The number of halogens is 1. The summed E-state index contributed by atoms with van der Waals surface area (Å²) in [6, 6.07) is 8.57. The van der Waals surface area contributed by atoms with Crippen LogP contribution >= 0.6 is 11.6 Å². The Morgan fingerprint density at radius 2 is 1.63 bits per heavy atom. The summed E-state index contributed by atoms with van der Waals surface area (Å²) in [6.07, 6.45) is 2.18. The second-order valence-electron chi connectivity index (χ2n) is 6.24. The lowest BCUT2D eigenvalue weighted by Gasteiger charge is -2.15. The zero-order valence-electron chi connectivity index (χ0n) is 16.7. The van der Waals surface area contributed by atoms with Crippen LogP contribution in [0.1, 0.15) is 10.4 Å². The summed E-state index contributed by atoms with van der Waals surface area (Å²) in [7, 11) is 3.21. The zero-order valence-corrected chi connectivity index (χ0v) is 17.4. The van der Waals surface area contributed by atoms with Crippen LogP contribution in [0.5, 0.6) is 11.5 Å². The molecule has 9 heteroatoms. The van der Waals surface area contributed by atoms with Crippen LogP contribution in [0.3, 0.4) is 0 Å². The molecule has 0 radical (unpaired) electrons. The molecule has 0 spiro atoms. The van der Waals surface area contributed by atoms with E-state index in [2.05, 4.69) is 15.3 Å². The average Bonchev–Trinajstić information content (AvgIpc) is 2.74. The largest absolute Gasteiger partial charge is 0.487 e. The standard InChI is InChI=1S/C21H22ClN3O5/c1-27-3-5-29-19-10-17-18(11-20(19)30-6-4-28-2)23-13-24-21(17)25-16-8-14(12-26)7-15(22)9-16/h7-13H,3-6H2,1-2H3,(H,23,24,25). The Hall–Kier alpha value is -2.94. The lowest BCUT2D eigenvalue weighted by atomic mass is 10.2. The molecule has 0 atom stereocenters. The minimum atomic E-state index is 0.357. The van der Waals surface area contributed by atoms with Gasteiger partial charge in [0, 0.05) is 41.9 Å². The van der Waals surface area contributed by atoms with Crippen molar-refractivity contribution in [3.63, 3.8) is 0 Å². The van der Waals surface area contributed by atoms with Crippen molar-refractivity contribution in [3.8, 4) is 11.5 Å². The van der Waals surface area contributed by atoms with Crippen molar-refractivity contribution in [3.05, 3.63) is 47.2 Å². The highest BCUT2D eigenvalue weighted by Gasteiger charge is 2.13. The second-order valence-corrected chi connectivity index (χ2v) is 6.67. The van der Waals surface area contributed by atoms with Crippen LogP contribution in [0, 0.1) is 0 Å². The summed E-state index contributed by atoms with van der Waals surface area (Å²) < 4.78 is 21.7. The number of aldehydes is 1. The van der Waals surface area contributed by atoms with Gasteiger partial charge in [0.2, 0.25) is 0 Å². The number of fused-ring (bicyclic) bond motifs is 1. The van der Waals surface area contributed by atoms with E-state index in [9.17, 15) is 4.79 Å². The minimum Gasteiger partial charge on any atom is -0.487 e. The Kier molecular flexibility index (Phi) is 7.78. The molecule has 0 saturated heterocycles. The molecule has 0 aliphatic carbocycles. The van der Waals surface area contributed by atoms with Gasteiger partial charge in [0.25, 0.3) is 0 Å². The molecule has 1 aromatic heterocycles. The summed E-state index contributed by atoms with van der Waals surface area (Å²) in [4.78, 5) is 19.8. The van der Waals surface area contributed by atoms with Crippen LogP contribution in [-0.4, -0.2) is 56.9 Å². The molecule has 1 heterocycles. The topological polar surface area (TPSA) is 91.8 Å². The highest BCUT2D eigenvalue weighted by atomic mass is 35.5. The molecule has 0 unspecified atom stereocenters. The fraction of sp³-hybridized carbons (Fsp3) is 0.286. The molecule has 0 amide bonds. The molecule has 30 heavy (non-hydrogen) atoms. The van der Waals surface area contributed by atoms with Crippen molar-refractivity contribution in [2.45, 2.75) is 0 Å². The summed E-state index contributed by atoms with van der Waals surface area (Å²) in [5.74, 6) is 1.62. The van der Waals surface area contributed by atoms with Gasteiger partial charge in [0.1, 0.15) is 31.6 Å². The van der Waals surface area contributed by atoms with E-state index in [1.54, 1.807) is 44.6 Å². The van der Waals surface area contributed by atoms with Gasteiger partial charge in [0.05, 0.1) is 18.7 Å². The molecule has 0 bridgehead atoms. The fourth-order valence-corrected chi connectivity index (χ4v) is 2.99. The van der Waals surface area contributed by atoms with Gasteiger partial charge in [-0.3, -0.25) is 4.79 Å². The van der Waals surface area contributed by atoms with Crippen LogP contribution < -0.4 is 14.8 Å². The molecule has 2 aromatic carbocycles. The molecular formula is C21H22ClN3O5. The third kappa shape index (κ3) is 5.56. The van der Waals surface area contributed by atoms with Gasteiger partial charge in [-0.25, -0.2) is 9.97 Å². The molecule has 0 aliphatic heterocycles. The number of methoxy groups -OCH3 is 2. The minimum absolute atomic E-state index is 0.357.